The lowest BCUT2D eigenvalue weighted by Crippen LogP contribution is -2.24. The van der Waals surface area contributed by atoms with Crippen molar-refractivity contribution in [3.8, 4) is 0 Å². The van der Waals surface area contributed by atoms with Crippen molar-refractivity contribution in [2.45, 2.75) is 37.5 Å². The van der Waals surface area contributed by atoms with Crippen LogP contribution in [0, 0.1) is 27.7 Å². The van der Waals surface area contributed by atoms with Crippen molar-refractivity contribution in [1.82, 2.24) is 0 Å². The fraction of sp³-hybridized carbons (Fsp3) is 0.235. The summed E-state index contributed by atoms with van der Waals surface area (Å²) in [6.07, 6.45) is 0. The van der Waals surface area contributed by atoms with E-state index in [4.69, 9.17) is 4.99 Å². The van der Waals surface area contributed by atoms with Crippen LogP contribution < -0.4 is 10.6 Å². The Balaban J connectivity index is 2.43. The molecule has 2 heteroatoms. The summed E-state index contributed by atoms with van der Waals surface area (Å²) in [5, 5.41) is 2.28. The van der Waals surface area contributed by atoms with E-state index in [1.165, 1.54) is 32.0 Å². The molecule has 0 atom stereocenters. The third-order valence-corrected chi connectivity index (χ3v) is 5.21. The molecule has 0 fully saturated rings. The van der Waals surface area contributed by atoms with Crippen LogP contribution >= 0.6 is 11.8 Å². The van der Waals surface area contributed by atoms with Crippen LogP contribution in [-0.4, -0.2) is 0 Å². The third kappa shape index (κ3) is 1.82. The Labute approximate surface area is 118 Å². The van der Waals surface area contributed by atoms with Gasteiger partial charge in [0.15, 0.2) is 0 Å². The minimum Gasteiger partial charge on any atom is -0.246 e. The van der Waals surface area contributed by atoms with Gasteiger partial charge in [0.2, 0.25) is 0 Å². The van der Waals surface area contributed by atoms with E-state index in [9.17, 15) is 0 Å². The van der Waals surface area contributed by atoms with Crippen molar-refractivity contribution in [3.05, 3.63) is 51.0 Å². The summed E-state index contributed by atoms with van der Waals surface area (Å²) >= 11 is 1.82. The Morgan fingerprint density at radius 3 is 2.47 bits per heavy atom. The van der Waals surface area contributed by atoms with Gasteiger partial charge in [-0.3, -0.25) is 0 Å². The van der Waals surface area contributed by atoms with E-state index in [0.717, 1.165) is 16.3 Å². The maximum atomic E-state index is 4.88. The SMILES string of the molecule is C=c1c(C)c(C)c2c(c1C)Sc1ccc(C)cc1N=2. The molecule has 0 unspecified atom stereocenters. The maximum absolute atomic E-state index is 4.88. The number of nitrogens with zero attached hydrogens (tertiary/aromatic N) is 1. The normalized spacial score (nSPS) is 12.6. The predicted octanol–water partition coefficient (Wildman–Crippen LogP) is 3.75. The number of benzene rings is 2. The van der Waals surface area contributed by atoms with Crippen LogP contribution in [0.15, 0.2) is 33.0 Å². The Morgan fingerprint density at radius 2 is 1.74 bits per heavy atom. The molecule has 96 valence electrons. The van der Waals surface area contributed by atoms with Gasteiger partial charge in [-0.15, -0.1) is 0 Å². The number of aryl methyl sites for hydroxylation is 1. The quantitative estimate of drug-likeness (QED) is 0.604. The monoisotopic (exact) mass is 267 g/mol. The van der Waals surface area contributed by atoms with Gasteiger partial charge in [-0.25, -0.2) is 4.99 Å². The van der Waals surface area contributed by atoms with Crippen LogP contribution in [0.1, 0.15) is 22.3 Å². The molecule has 0 saturated heterocycles. The molecular weight excluding hydrogens is 250 g/mol. The third-order valence-electron chi connectivity index (χ3n) is 3.94. The number of hydrogen-bond acceptors (Lipinski definition) is 2. The highest BCUT2D eigenvalue weighted by Gasteiger charge is 2.17. The van der Waals surface area contributed by atoms with Gasteiger partial charge in [0.05, 0.1) is 11.0 Å². The Morgan fingerprint density at radius 1 is 1.00 bits per heavy atom. The minimum atomic E-state index is 1.09. The topological polar surface area (TPSA) is 12.4 Å². The van der Waals surface area contributed by atoms with Crippen molar-refractivity contribution in [2.75, 3.05) is 0 Å². The minimum absolute atomic E-state index is 1.09. The Bertz CT molecular complexity index is 803. The van der Waals surface area contributed by atoms with Crippen molar-refractivity contribution in [3.63, 3.8) is 0 Å². The molecule has 0 aliphatic carbocycles. The molecule has 0 radical (unpaired) electrons. The van der Waals surface area contributed by atoms with E-state index in [1.807, 2.05) is 11.8 Å². The van der Waals surface area contributed by atoms with Crippen LogP contribution in [0.2, 0.25) is 0 Å². The zero-order valence-corrected chi connectivity index (χ0v) is 12.6. The number of hydrogen-bond donors (Lipinski definition) is 0. The first-order valence-corrected chi connectivity index (χ1v) is 7.26. The highest BCUT2D eigenvalue weighted by Crippen LogP contribution is 2.38. The number of rotatable bonds is 0. The largest absolute Gasteiger partial charge is 0.246 e. The summed E-state index contributed by atoms with van der Waals surface area (Å²) in [4.78, 5) is 7.39. The molecule has 2 aromatic carbocycles. The summed E-state index contributed by atoms with van der Waals surface area (Å²) in [6, 6.07) is 6.47. The molecular formula is C17H17NS. The molecule has 2 aromatic rings. The number of fused-ring (bicyclic) bond motifs is 2. The standard InChI is InChI=1S/C17H17NS/c1-9-6-7-15-14(8-9)18-16-12(4)10(2)11(3)13(5)17(16)19-15/h6-8H,3H2,1-2,4-5H3. The summed E-state index contributed by atoms with van der Waals surface area (Å²) < 4.78 is 0. The fourth-order valence-corrected chi connectivity index (χ4v) is 3.60. The molecule has 1 aliphatic rings. The van der Waals surface area contributed by atoms with E-state index in [2.05, 4.69) is 52.5 Å². The second-order valence-electron chi connectivity index (χ2n) is 5.22. The molecule has 1 heterocycles. The van der Waals surface area contributed by atoms with E-state index in [1.54, 1.807) is 0 Å². The molecule has 0 bridgehead atoms. The van der Waals surface area contributed by atoms with Gasteiger partial charge in [-0.2, -0.15) is 0 Å². The molecule has 3 rings (SSSR count). The first-order valence-electron chi connectivity index (χ1n) is 6.45. The van der Waals surface area contributed by atoms with E-state index in [0.29, 0.717) is 0 Å². The van der Waals surface area contributed by atoms with Gasteiger partial charge < -0.3 is 0 Å². The summed E-state index contributed by atoms with van der Waals surface area (Å²) in [5.74, 6) is 0. The van der Waals surface area contributed by atoms with E-state index < -0.39 is 0 Å². The lowest BCUT2D eigenvalue weighted by Gasteiger charge is -2.18. The zero-order valence-electron chi connectivity index (χ0n) is 11.8. The van der Waals surface area contributed by atoms with Gasteiger partial charge >= 0.3 is 0 Å². The van der Waals surface area contributed by atoms with Crippen LogP contribution in [0.4, 0.5) is 5.69 Å². The van der Waals surface area contributed by atoms with Crippen molar-refractivity contribution in [1.29, 1.82) is 0 Å². The summed E-state index contributed by atoms with van der Waals surface area (Å²) in [7, 11) is 0. The smallest absolute Gasteiger partial charge is 0.0811 e. The van der Waals surface area contributed by atoms with Gasteiger partial charge in [-0.05, 0) is 67.3 Å². The van der Waals surface area contributed by atoms with Crippen molar-refractivity contribution in [2.24, 2.45) is 4.99 Å². The van der Waals surface area contributed by atoms with Gasteiger partial charge in [0.1, 0.15) is 0 Å². The molecule has 19 heavy (non-hydrogen) atoms. The van der Waals surface area contributed by atoms with E-state index >= 15 is 0 Å². The second kappa shape index (κ2) is 4.24. The first-order chi connectivity index (χ1) is 8.99. The summed E-state index contributed by atoms with van der Waals surface area (Å²) in [5.41, 5.74) is 6.13. The van der Waals surface area contributed by atoms with Crippen molar-refractivity contribution < 1.29 is 0 Å². The molecule has 0 N–H and O–H groups in total. The van der Waals surface area contributed by atoms with Crippen LogP contribution in [0.5, 0.6) is 0 Å². The second-order valence-corrected chi connectivity index (χ2v) is 6.27. The van der Waals surface area contributed by atoms with Gasteiger partial charge in [-0.1, -0.05) is 24.4 Å². The Hall–Kier alpha value is -1.54. The lowest BCUT2D eigenvalue weighted by atomic mass is 10.0. The maximum Gasteiger partial charge on any atom is 0.0811 e. The van der Waals surface area contributed by atoms with Crippen LogP contribution in [-0.2, 0) is 0 Å². The molecule has 0 saturated carbocycles. The van der Waals surface area contributed by atoms with Gasteiger partial charge in [0.25, 0.3) is 0 Å². The fourth-order valence-electron chi connectivity index (χ4n) is 2.46. The van der Waals surface area contributed by atoms with E-state index in [-0.39, 0.29) is 0 Å². The summed E-state index contributed by atoms with van der Waals surface area (Å²) in [6.45, 7) is 12.7. The zero-order chi connectivity index (χ0) is 13.7. The van der Waals surface area contributed by atoms with Crippen LogP contribution in [0.3, 0.4) is 0 Å². The average molecular weight is 267 g/mol. The first kappa shape index (κ1) is 12.5. The lowest BCUT2D eigenvalue weighted by molar-refractivity contribution is 1.05. The Kier molecular flexibility index (Phi) is 2.79. The predicted molar refractivity (Wildman–Crippen MR) is 81.9 cm³/mol. The average Bonchev–Trinajstić information content (AvgIpc) is 2.41. The molecule has 1 aliphatic heterocycles. The molecule has 0 aromatic heterocycles. The molecule has 0 spiro atoms. The molecule has 1 nitrogen and oxygen atoms in total. The molecule has 0 amide bonds. The van der Waals surface area contributed by atoms with Gasteiger partial charge in [0, 0.05) is 9.79 Å². The highest BCUT2D eigenvalue weighted by molar-refractivity contribution is 7.99. The van der Waals surface area contributed by atoms with Crippen molar-refractivity contribution >= 4 is 24.0 Å². The van der Waals surface area contributed by atoms with Crippen LogP contribution in [0.25, 0.3) is 6.58 Å². The highest BCUT2D eigenvalue weighted by atomic mass is 32.2.